The fraction of sp³-hybridized carbons (Fsp3) is 0.480. The maximum absolute atomic E-state index is 13.4. The number of benzene rings is 1. The van der Waals surface area contributed by atoms with E-state index >= 15 is 0 Å². The van der Waals surface area contributed by atoms with Gasteiger partial charge in [0.25, 0.3) is 0 Å². The number of aliphatic imine (C=N–C) groups is 1. The monoisotopic (exact) mass is 488 g/mol. The van der Waals surface area contributed by atoms with Crippen molar-refractivity contribution in [2.75, 3.05) is 12.3 Å². The third-order valence-electron chi connectivity index (χ3n) is 6.82. The minimum atomic E-state index is -4.49. The molecule has 34 heavy (non-hydrogen) atoms. The molecule has 0 spiro atoms. The predicted molar refractivity (Wildman–Crippen MR) is 128 cm³/mol. The maximum atomic E-state index is 13.4. The van der Waals surface area contributed by atoms with E-state index < -0.39 is 17.3 Å². The van der Waals surface area contributed by atoms with E-state index in [1.165, 1.54) is 0 Å². The molecular formula is C25H27F3N4OS. The van der Waals surface area contributed by atoms with Crippen LogP contribution in [-0.2, 0) is 0 Å². The molecule has 9 heteroatoms. The number of carbonyl (C=O) groups excluding carboxylic acids is 1. The number of hydrogen-bond donors (Lipinski definition) is 0. The smallest absolute Gasteiger partial charge is 0.315 e. The van der Waals surface area contributed by atoms with Crippen LogP contribution in [0.2, 0.25) is 0 Å². The number of Topliss-reactive ketones (excluding diaryl/α,β-unsaturated/α-hetero) is 1. The number of likely N-dealkylation sites (tertiary alicyclic amines) is 1. The van der Waals surface area contributed by atoms with Gasteiger partial charge in [0.1, 0.15) is 6.04 Å². The highest BCUT2D eigenvalue weighted by Gasteiger charge is 2.41. The van der Waals surface area contributed by atoms with Gasteiger partial charge in [0.2, 0.25) is 0 Å². The fourth-order valence-electron chi connectivity index (χ4n) is 4.97. The average molecular weight is 489 g/mol. The Morgan fingerprint density at radius 2 is 1.97 bits per heavy atom. The molecule has 0 amide bonds. The zero-order chi connectivity index (χ0) is 24.6. The number of halogens is 3. The van der Waals surface area contributed by atoms with Crippen LogP contribution < -0.4 is 0 Å². The first-order chi connectivity index (χ1) is 16.1. The van der Waals surface area contributed by atoms with Gasteiger partial charge in [0, 0.05) is 40.5 Å². The Labute approximate surface area is 201 Å². The summed E-state index contributed by atoms with van der Waals surface area (Å²) in [4.78, 5) is 19.7. The van der Waals surface area contributed by atoms with Crippen molar-refractivity contribution in [3.63, 3.8) is 0 Å². The molecule has 3 heterocycles. The lowest BCUT2D eigenvalue weighted by Crippen LogP contribution is -2.38. The Morgan fingerprint density at radius 1 is 1.26 bits per heavy atom. The zero-order valence-corrected chi connectivity index (χ0v) is 20.2. The highest BCUT2D eigenvalue weighted by Crippen LogP contribution is 2.39. The summed E-state index contributed by atoms with van der Waals surface area (Å²) in [6, 6.07) is 10.6. The normalized spacial score (nSPS) is 23.2. The third-order valence-corrected chi connectivity index (χ3v) is 7.91. The van der Waals surface area contributed by atoms with E-state index in [-0.39, 0.29) is 18.1 Å². The molecule has 2 aromatic rings. The number of alkyl halides is 3. The first kappa shape index (κ1) is 24.6. The molecule has 4 rings (SSSR count). The maximum Gasteiger partial charge on any atom is 0.439 e. The standard InChI is InChI=1S/C25H27F3N4OS/c1-4-18-8-5-15(2)31(18)13-23(33)20-11-22(21-14-34-24(30-21)25(26,27)28)32(16(20)3)19-9-6-17(12-29)7-10-19/h6-7,9-11,15,18,21H,4-5,8,13-14H2,1-3H3. The van der Waals surface area contributed by atoms with E-state index in [1.807, 2.05) is 11.5 Å². The quantitative estimate of drug-likeness (QED) is 0.479. The topological polar surface area (TPSA) is 61.4 Å². The van der Waals surface area contributed by atoms with Crippen LogP contribution in [0.5, 0.6) is 0 Å². The molecule has 180 valence electrons. The second-order valence-electron chi connectivity index (χ2n) is 8.91. The number of nitriles is 1. The molecule has 2 aliphatic rings. The molecule has 0 radical (unpaired) electrons. The molecule has 0 N–H and O–H groups in total. The fourth-order valence-corrected chi connectivity index (χ4v) is 5.89. The van der Waals surface area contributed by atoms with Crippen LogP contribution in [0.15, 0.2) is 35.3 Å². The van der Waals surface area contributed by atoms with Gasteiger partial charge in [0.15, 0.2) is 10.8 Å². The van der Waals surface area contributed by atoms with Crippen molar-refractivity contribution in [2.24, 2.45) is 4.99 Å². The molecule has 0 saturated carbocycles. The van der Waals surface area contributed by atoms with Gasteiger partial charge in [-0.15, -0.1) is 0 Å². The lowest BCUT2D eigenvalue weighted by atomic mass is 10.1. The zero-order valence-electron chi connectivity index (χ0n) is 19.4. The summed E-state index contributed by atoms with van der Waals surface area (Å²) < 4.78 is 41.6. The number of rotatable bonds is 6. The Balaban J connectivity index is 1.74. The largest absolute Gasteiger partial charge is 0.439 e. The number of carbonyl (C=O) groups is 1. The molecule has 1 aromatic heterocycles. The minimum Gasteiger partial charge on any atom is -0.315 e. The van der Waals surface area contributed by atoms with Crippen molar-refractivity contribution in [1.29, 1.82) is 5.26 Å². The van der Waals surface area contributed by atoms with Crippen LogP contribution in [0, 0.1) is 18.3 Å². The minimum absolute atomic E-state index is 0.0379. The second-order valence-corrected chi connectivity index (χ2v) is 9.91. The van der Waals surface area contributed by atoms with Gasteiger partial charge < -0.3 is 4.57 Å². The molecular weight excluding hydrogens is 461 g/mol. The molecule has 1 aromatic carbocycles. The number of ketones is 1. The van der Waals surface area contributed by atoms with Crippen LogP contribution in [0.25, 0.3) is 5.69 Å². The molecule has 2 aliphatic heterocycles. The van der Waals surface area contributed by atoms with Crippen LogP contribution in [0.3, 0.4) is 0 Å². The molecule has 3 unspecified atom stereocenters. The Kier molecular flexibility index (Phi) is 6.92. The van der Waals surface area contributed by atoms with Crippen LogP contribution >= 0.6 is 11.8 Å². The molecule has 1 fully saturated rings. The van der Waals surface area contributed by atoms with Crippen molar-refractivity contribution in [2.45, 2.75) is 64.3 Å². The number of aromatic nitrogens is 1. The van der Waals surface area contributed by atoms with E-state index in [0.29, 0.717) is 52.0 Å². The number of thioether (sulfide) groups is 1. The number of nitrogens with zero attached hydrogens (tertiary/aromatic N) is 4. The summed E-state index contributed by atoms with van der Waals surface area (Å²) >= 11 is 0.691. The SMILES string of the molecule is CCC1CCC(C)N1CC(=O)c1cc(C2CSC(C(F)(F)F)=N2)n(-c2ccc(C#N)cc2)c1C. The summed E-state index contributed by atoms with van der Waals surface area (Å²) in [5, 5.41) is 8.29. The predicted octanol–water partition coefficient (Wildman–Crippen LogP) is 5.85. The van der Waals surface area contributed by atoms with Crippen molar-refractivity contribution in [3.8, 4) is 11.8 Å². The van der Waals surface area contributed by atoms with Gasteiger partial charge in [-0.05, 0) is 63.4 Å². The van der Waals surface area contributed by atoms with Gasteiger partial charge in [-0.25, -0.2) is 0 Å². The lowest BCUT2D eigenvalue weighted by Gasteiger charge is -2.26. The Hall–Kier alpha value is -2.57. The van der Waals surface area contributed by atoms with Crippen molar-refractivity contribution < 1.29 is 18.0 Å². The molecule has 3 atom stereocenters. The first-order valence-corrected chi connectivity index (χ1v) is 12.4. The van der Waals surface area contributed by atoms with Crippen molar-refractivity contribution in [3.05, 3.63) is 52.8 Å². The van der Waals surface area contributed by atoms with Crippen LogP contribution in [-0.4, -0.2) is 50.9 Å². The van der Waals surface area contributed by atoms with Gasteiger partial charge >= 0.3 is 6.18 Å². The average Bonchev–Trinajstić information content (AvgIpc) is 3.51. The van der Waals surface area contributed by atoms with E-state index in [2.05, 4.69) is 29.8 Å². The van der Waals surface area contributed by atoms with Crippen molar-refractivity contribution >= 4 is 22.6 Å². The number of hydrogen-bond acceptors (Lipinski definition) is 5. The van der Waals surface area contributed by atoms with Crippen LogP contribution in [0.4, 0.5) is 13.2 Å². The van der Waals surface area contributed by atoms with Gasteiger partial charge in [-0.2, -0.15) is 18.4 Å². The molecule has 0 bridgehead atoms. The van der Waals surface area contributed by atoms with Gasteiger partial charge in [-0.1, -0.05) is 18.7 Å². The Morgan fingerprint density at radius 3 is 2.56 bits per heavy atom. The van der Waals surface area contributed by atoms with E-state index in [1.54, 1.807) is 30.3 Å². The van der Waals surface area contributed by atoms with E-state index in [0.717, 1.165) is 19.3 Å². The highest BCUT2D eigenvalue weighted by molar-refractivity contribution is 8.14. The lowest BCUT2D eigenvalue weighted by molar-refractivity contribution is -0.0555. The van der Waals surface area contributed by atoms with Crippen molar-refractivity contribution in [1.82, 2.24) is 9.47 Å². The summed E-state index contributed by atoms with van der Waals surface area (Å²) in [6.45, 7) is 6.36. The van der Waals surface area contributed by atoms with Gasteiger partial charge in [-0.3, -0.25) is 14.7 Å². The first-order valence-electron chi connectivity index (χ1n) is 11.4. The van der Waals surface area contributed by atoms with Crippen LogP contribution in [0.1, 0.15) is 66.5 Å². The molecule has 1 saturated heterocycles. The third kappa shape index (κ3) is 4.66. The summed E-state index contributed by atoms with van der Waals surface area (Å²) in [5.74, 6) is 0.118. The Bertz CT molecular complexity index is 1150. The van der Waals surface area contributed by atoms with Gasteiger partial charge in [0.05, 0.1) is 18.2 Å². The van der Waals surface area contributed by atoms with E-state index in [9.17, 15) is 18.0 Å². The molecule has 0 aliphatic carbocycles. The highest BCUT2D eigenvalue weighted by atomic mass is 32.2. The molecule has 5 nitrogen and oxygen atoms in total. The summed E-state index contributed by atoms with van der Waals surface area (Å²) in [7, 11) is 0. The second kappa shape index (κ2) is 9.59. The van der Waals surface area contributed by atoms with E-state index in [4.69, 9.17) is 5.26 Å². The summed E-state index contributed by atoms with van der Waals surface area (Å²) in [6.07, 6.45) is -1.39. The summed E-state index contributed by atoms with van der Waals surface area (Å²) in [5.41, 5.74) is 2.90.